The van der Waals surface area contributed by atoms with Crippen molar-refractivity contribution >= 4 is 39.7 Å². The summed E-state index contributed by atoms with van der Waals surface area (Å²) < 4.78 is 17.8. The number of rotatable bonds is 7. The molecule has 10 heteroatoms. The third kappa shape index (κ3) is 4.17. The number of amides is 1. The standard InChI is InChI=1S/C28H28N6O4/c1-14-18(25(29)35)9-11-21(24(14)36-3)32-28-33-26-23(27(34-28)38-17-6-4-5-7-17)19(13-30-26)16-8-10-20-22(12-16)37-15(2)31-20/h8-13,17H,4-7H2,1-3H3,(H2,29,35)(H2,30,32,33,34). The Morgan fingerprint density at radius 2 is 1.95 bits per heavy atom. The van der Waals surface area contributed by atoms with Crippen LogP contribution in [-0.4, -0.2) is 39.1 Å². The zero-order valence-electron chi connectivity index (χ0n) is 21.4. The van der Waals surface area contributed by atoms with Gasteiger partial charge in [0.2, 0.25) is 17.7 Å². The van der Waals surface area contributed by atoms with Crippen LogP contribution in [0.4, 0.5) is 11.6 Å². The lowest BCUT2D eigenvalue weighted by Gasteiger charge is -2.17. The maximum Gasteiger partial charge on any atom is 0.249 e. The Bertz CT molecular complexity index is 1680. The summed E-state index contributed by atoms with van der Waals surface area (Å²) in [5.41, 5.74) is 11.2. The predicted molar refractivity (Wildman–Crippen MR) is 144 cm³/mol. The molecule has 0 atom stereocenters. The van der Waals surface area contributed by atoms with E-state index in [1.54, 1.807) is 26.2 Å². The van der Waals surface area contributed by atoms with Crippen LogP contribution in [0.3, 0.4) is 0 Å². The number of primary amides is 1. The van der Waals surface area contributed by atoms with Crippen molar-refractivity contribution in [1.29, 1.82) is 0 Å². The van der Waals surface area contributed by atoms with Gasteiger partial charge in [0.05, 0.1) is 18.2 Å². The van der Waals surface area contributed by atoms with Crippen molar-refractivity contribution in [2.24, 2.45) is 5.73 Å². The van der Waals surface area contributed by atoms with Gasteiger partial charge in [0.25, 0.3) is 0 Å². The maximum absolute atomic E-state index is 11.8. The fraction of sp³-hybridized carbons (Fsp3) is 0.286. The lowest BCUT2D eigenvalue weighted by atomic mass is 10.1. The normalized spacial score (nSPS) is 13.9. The molecule has 6 rings (SSSR count). The molecule has 1 aliphatic rings. The minimum Gasteiger partial charge on any atom is -0.494 e. The molecule has 0 spiro atoms. The Hall–Kier alpha value is -4.60. The zero-order valence-corrected chi connectivity index (χ0v) is 21.4. The van der Waals surface area contributed by atoms with Crippen molar-refractivity contribution in [3.8, 4) is 22.8 Å². The molecule has 194 valence electrons. The number of carbonyl (C=O) groups is 1. The summed E-state index contributed by atoms with van der Waals surface area (Å²) in [4.78, 5) is 29.0. The van der Waals surface area contributed by atoms with Crippen molar-refractivity contribution in [3.05, 3.63) is 53.5 Å². The van der Waals surface area contributed by atoms with Gasteiger partial charge in [-0.25, -0.2) is 4.98 Å². The van der Waals surface area contributed by atoms with E-state index in [1.807, 2.05) is 31.3 Å². The van der Waals surface area contributed by atoms with Crippen molar-refractivity contribution < 1.29 is 18.7 Å². The van der Waals surface area contributed by atoms with Gasteiger partial charge in [-0.1, -0.05) is 6.07 Å². The molecule has 0 bridgehead atoms. The SMILES string of the molecule is COc1c(Nc2nc(OC3CCCC3)c3c(-c4ccc5nc(C)oc5c4)c[nH]c3n2)ccc(C(N)=O)c1C. The highest BCUT2D eigenvalue weighted by molar-refractivity contribution is 5.99. The number of aromatic nitrogens is 4. The molecular formula is C28H28N6O4. The molecule has 3 aromatic heterocycles. The molecule has 0 radical (unpaired) electrons. The van der Waals surface area contributed by atoms with E-state index in [1.165, 1.54) is 0 Å². The second-order valence-electron chi connectivity index (χ2n) is 9.53. The number of nitrogens with two attached hydrogens (primary N) is 1. The summed E-state index contributed by atoms with van der Waals surface area (Å²) in [7, 11) is 1.54. The number of oxazole rings is 1. The number of H-pyrrole nitrogens is 1. The molecule has 4 N–H and O–H groups in total. The first-order valence-electron chi connectivity index (χ1n) is 12.6. The second-order valence-corrected chi connectivity index (χ2v) is 9.53. The van der Waals surface area contributed by atoms with Gasteiger partial charge in [-0.05, 0) is 62.4 Å². The molecule has 0 saturated heterocycles. The van der Waals surface area contributed by atoms with Crippen molar-refractivity contribution in [2.75, 3.05) is 12.4 Å². The van der Waals surface area contributed by atoms with E-state index in [4.69, 9.17) is 29.6 Å². The fourth-order valence-electron chi connectivity index (χ4n) is 5.18. The first kappa shape index (κ1) is 23.8. The molecule has 1 fully saturated rings. The van der Waals surface area contributed by atoms with Crippen LogP contribution in [0, 0.1) is 13.8 Å². The van der Waals surface area contributed by atoms with Gasteiger partial charge in [0.15, 0.2) is 11.5 Å². The average molecular weight is 513 g/mol. The van der Waals surface area contributed by atoms with Crippen LogP contribution in [0.2, 0.25) is 0 Å². The van der Waals surface area contributed by atoms with Gasteiger partial charge >= 0.3 is 0 Å². The topological polar surface area (TPSA) is 141 Å². The van der Waals surface area contributed by atoms with Crippen LogP contribution in [0.5, 0.6) is 11.6 Å². The first-order chi connectivity index (χ1) is 18.4. The Balaban J connectivity index is 1.45. The molecule has 0 unspecified atom stereocenters. The summed E-state index contributed by atoms with van der Waals surface area (Å²) >= 11 is 0. The van der Waals surface area contributed by atoms with Gasteiger partial charge in [0, 0.05) is 29.8 Å². The highest BCUT2D eigenvalue weighted by atomic mass is 16.5. The van der Waals surface area contributed by atoms with Crippen LogP contribution < -0.4 is 20.5 Å². The number of ether oxygens (including phenoxy) is 2. The minimum atomic E-state index is -0.519. The molecule has 3 heterocycles. The number of carbonyl (C=O) groups excluding carboxylic acids is 1. The van der Waals surface area contributed by atoms with Gasteiger partial charge in [-0.3, -0.25) is 4.79 Å². The van der Waals surface area contributed by atoms with Gasteiger partial charge < -0.3 is 29.9 Å². The maximum atomic E-state index is 11.8. The lowest BCUT2D eigenvalue weighted by molar-refractivity contribution is 0.0999. The molecule has 2 aromatic carbocycles. The smallest absolute Gasteiger partial charge is 0.249 e. The number of aromatic amines is 1. The number of methoxy groups -OCH3 is 1. The molecule has 1 amide bonds. The zero-order chi connectivity index (χ0) is 26.4. The Kier molecular flexibility index (Phi) is 5.86. The highest BCUT2D eigenvalue weighted by Gasteiger charge is 2.23. The monoisotopic (exact) mass is 512 g/mol. The molecule has 5 aromatic rings. The third-order valence-corrected chi connectivity index (χ3v) is 7.01. The quantitative estimate of drug-likeness (QED) is 0.257. The summed E-state index contributed by atoms with van der Waals surface area (Å²) in [6, 6.07) is 9.30. The van der Waals surface area contributed by atoms with E-state index in [0.29, 0.717) is 51.5 Å². The number of aryl methyl sites for hydroxylation is 1. The van der Waals surface area contributed by atoms with Crippen LogP contribution in [-0.2, 0) is 0 Å². The lowest BCUT2D eigenvalue weighted by Crippen LogP contribution is -2.14. The number of benzene rings is 2. The first-order valence-corrected chi connectivity index (χ1v) is 12.6. The molecular weight excluding hydrogens is 484 g/mol. The largest absolute Gasteiger partial charge is 0.494 e. The van der Waals surface area contributed by atoms with Crippen molar-refractivity contribution in [1.82, 2.24) is 19.9 Å². The molecule has 38 heavy (non-hydrogen) atoms. The molecule has 0 aliphatic heterocycles. The predicted octanol–water partition coefficient (Wildman–Crippen LogP) is 5.56. The van der Waals surface area contributed by atoms with Crippen LogP contribution in [0.25, 0.3) is 33.3 Å². The summed E-state index contributed by atoms with van der Waals surface area (Å²) in [6.45, 7) is 3.62. The summed E-state index contributed by atoms with van der Waals surface area (Å²) in [6.07, 6.45) is 6.23. The van der Waals surface area contributed by atoms with E-state index in [0.717, 1.165) is 47.7 Å². The van der Waals surface area contributed by atoms with Crippen molar-refractivity contribution in [2.45, 2.75) is 45.6 Å². The molecule has 1 saturated carbocycles. The average Bonchev–Trinajstić information content (AvgIpc) is 3.63. The van der Waals surface area contributed by atoms with Crippen LogP contribution >= 0.6 is 0 Å². The number of anilines is 2. The third-order valence-electron chi connectivity index (χ3n) is 7.01. The number of nitrogens with zero attached hydrogens (tertiary/aromatic N) is 3. The number of hydrogen-bond donors (Lipinski definition) is 3. The Morgan fingerprint density at radius 1 is 1.13 bits per heavy atom. The Morgan fingerprint density at radius 3 is 2.71 bits per heavy atom. The van der Waals surface area contributed by atoms with E-state index < -0.39 is 5.91 Å². The summed E-state index contributed by atoms with van der Waals surface area (Å²) in [5, 5.41) is 4.04. The number of nitrogens with one attached hydrogen (secondary N) is 2. The second kappa shape index (κ2) is 9.37. The van der Waals surface area contributed by atoms with Gasteiger partial charge in [0.1, 0.15) is 23.0 Å². The number of fused-ring (bicyclic) bond motifs is 2. The highest BCUT2D eigenvalue weighted by Crippen LogP contribution is 2.39. The Labute approximate surface area is 218 Å². The van der Waals surface area contributed by atoms with Crippen LogP contribution in [0.15, 0.2) is 40.9 Å². The van der Waals surface area contributed by atoms with E-state index in [2.05, 4.69) is 15.3 Å². The summed E-state index contributed by atoms with van der Waals surface area (Å²) in [5.74, 6) is 1.43. The van der Waals surface area contributed by atoms with E-state index >= 15 is 0 Å². The van der Waals surface area contributed by atoms with Gasteiger partial charge in [-0.2, -0.15) is 9.97 Å². The number of hydrogen-bond acceptors (Lipinski definition) is 8. The van der Waals surface area contributed by atoms with E-state index in [-0.39, 0.29) is 6.10 Å². The minimum absolute atomic E-state index is 0.0923. The van der Waals surface area contributed by atoms with Crippen molar-refractivity contribution in [3.63, 3.8) is 0 Å². The molecule has 1 aliphatic carbocycles. The fourth-order valence-corrected chi connectivity index (χ4v) is 5.18. The van der Waals surface area contributed by atoms with Gasteiger partial charge in [-0.15, -0.1) is 0 Å². The van der Waals surface area contributed by atoms with E-state index in [9.17, 15) is 4.79 Å². The van der Waals surface area contributed by atoms with Crippen LogP contribution in [0.1, 0.15) is 47.5 Å². The molecule has 10 nitrogen and oxygen atoms in total.